The number of likely N-dealkylation sites (N-methyl/N-ethyl adjacent to an activating group) is 1. The third kappa shape index (κ3) is 7.10. The zero-order chi connectivity index (χ0) is 15.5. The Kier molecular flexibility index (Phi) is 9.36. The van der Waals surface area contributed by atoms with Gasteiger partial charge in [-0.2, -0.15) is 0 Å². The van der Waals surface area contributed by atoms with Crippen molar-refractivity contribution in [3.63, 3.8) is 0 Å². The highest BCUT2D eigenvalue weighted by atomic mass is 15.1. The predicted molar refractivity (Wildman–Crippen MR) is 93.9 cm³/mol. The standard InChI is InChI=1S/C19H34N2/c1-5-8-9-18-10-12-19(13-11-18)17(4)20-14-16-21(7-3)15-6-2/h10-13,17,20H,5-9,14-16H2,1-4H3. The highest BCUT2D eigenvalue weighted by Crippen LogP contribution is 2.14. The highest BCUT2D eigenvalue weighted by Gasteiger charge is 2.06. The number of aryl methyl sites for hydroxylation is 1. The zero-order valence-electron chi connectivity index (χ0n) is 14.5. The van der Waals surface area contributed by atoms with Crippen LogP contribution >= 0.6 is 0 Å². The molecule has 0 aliphatic heterocycles. The SMILES string of the molecule is CCCCc1ccc(C(C)NCCN(CC)CCC)cc1. The second-order valence-corrected chi connectivity index (χ2v) is 5.96. The van der Waals surface area contributed by atoms with Crippen molar-refractivity contribution in [2.45, 2.75) is 59.4 Å². The molecule has 0 aliphatic carbocycles. The van der Waals surface area contributed by atoms with Crippen LogP contribution in [0.3, 0.4) is 0 Å². The third-order valence-corrected chi connectivity index (χ3v) is 4.16. The monoisotopic (exact) mass is 290 g/mol. The second-order valence-electron chi connectivity index (χ2n) is 5.96. The number of hydrogen-bond donors (Lipinski definition) is 1. The van der Waals surface area contributed by atoms with Gasteiger partial charge in [0.2, 0.25) is 0 Å². The van der Waals surface area contributed by atoms with Gasteiger partial charge in [0.1, 0.15) is 0 Å². The first kappa shape index (κ1) is 18.2. The van der Waals surface area contributed by atoms with Crippen molar-refractivity contribution in [2.75, 3.05) is 26.2 Å². The lowest BCUT2D eigenvalue weighted by molar-refractivity contribution is 0.284. The number of nitrogens with one attached hydrogen (secondary N) is 1. The molecular formula is C19H34N2. The van der Waals surface area contributed by atoms with Crippen LogP contribution in [0.4, 0.5) is 0 Å². The Bertz CT molecular complexity index is 358. The molecule has 2 nitrogen and oxygen atoms in total. The fraction of sp³-hybridized carbons (Fsp3) is 0.684. The molecule has 0 amide bonds. The van der Waals surface area contributed by atoms with Crippen LogP contribution in [0, 0.1) is 0 Å². The molecule has 0 aliphatic rings. The summed E-state index contributed by atoms with van der Waals surface area (Å²) in [5.74, 6) is 0. The molecule has 120 valence electrons. The number of rotatable bonds is 11. The van der Waals surface area contributed by atoms with Gasteiger partial charge in [0.05, 0.1) is 0 Å². The molecule has 1 atom stereocenters. The molecule has 1 unspecified atom stereocenters. The molecule has 0 spiro atoms. The van der Waals surface area contributed by atoms with Crippen LogP contribution in [0.5, 0.6) is 0 Å². The van der Waals surface area contributed by atoms with Crippen molar-refractivity contribution in [3.05, 3.63) is 35.4 Å². The number of nitrogens with zero attached hydrogens (tertiary/aromatic N) is 1. The van der Waals surface area contributed by atoms with E-state index in [-0.39, 0.29) is 0 Å². The number of hydrogen-bond acceptors (Lipinski definition) is 2. The van der Waals surface area contributed by atoms with Crippen LogP contribution in [0.1, 0.15) is 64.1 Å². The van der Waals surface area contributed by atoms with Crippen molar-refractivity contribution < 1.29 is 0 Å². The molecule has 0 bridgehead atoms. The van der Waals surface area contributed by atoms with Crippen LogP contribution in [0.2, 0.25) is 0 Å². The van der Waals surface area contributed by atoms with E-state index in [2.05, 4.69) is 62.2 Å². The molecule has 21 heavy (non-hydrogen) atoms. The lowest BCUT2D eigenvalue weighted by Crippen LogP contribution is -2.33. The zero-order valence-corrected chi connectivity index (χ0v) is 14.5. The third-order valence-electron chi connectivity index (χ3n) is 4.16. The van der Waals surface area contributed by atoms with Crippen molar-refractivity contribution >= 4 is 0 Å². The average molecular weight is 290 g/mol. The maximum absolute atomic E-state index is 3.64. The number of benzene rings is 1. The summed E-state index contributed by atoms with van der Waals surface area (Å²) < 4.78 is 0. The smallest absolute Gasteiger partial charge is 0.0292 e. The summed E-state index contributed by atoms with van der Waals surface area (Å²) in [6.07, 6.45) is 5.01. The number of unbranched alkanes of at least 4 members (excludes halogenated alkanes) is 1. The van der Waals surface area contributed by atoms with Crippen LogP contribution in [0.25, 0.3) is 0 Å². The van der Waals surface area contributed by atoms with Crippen LogP contribution in [0.15, 0.2) is 24.3 Å². The average Bonchev–Trinajstić information content (AvgIpc) is 2.52. The van der Waals surface area contributed by atoms with Gasteiger partial charge in [-0.3, -0.25) is 0 Å². The summed E-state index contributed by atoms with van der Waals surface area (Å²) in [7, 11) is 0. The van der Waals surface area contributed by atoms with Gasteiger partial charge in [-0.1, -0.05) is 51.5 Å². The van der Waals surface area contributed by atoms with Crippen LogP contribution in [-0.4, -0.2) is 31.1 Å². The van der Waals surface area contributed by atoms with E-state index in [1.807, 2.05) is 0 Å². The summed E-state index contributed by atoms with van der Waals surface area (Å²) in [6, 6.07) is 9.58. The van der Waals surface area contributed by atoms with Crippen molar-refractivity contribution in [2.24, 2.45) is 0 Å². The minimum Gasteiger partial charge on any atom is -0.309 e. The van der Waals surface area contributed by atoms with E-state index < -0.39 is 0 Å². The molecule has 1 aromatic carbocycles. The normalized spacial score (nSPS) is 12.8. The van der Waals surface area contributed by atoms with E-state index >= 15 is 0 Å². The van der Waals surface area contributed by atoms with E-state index in [4.69, 9.17) is 0 Å². The van der Waals surface area contributed by atoms with Gasteiger partial charge in [-0.05, 0) is 50.4 Å². The molecule has 0 saturated carbocycles. The minimum absolute atomic E-state index is 0.436. The first-order valence-electron chi connectivity index (χ1n) is 8.75. The Morgan fingerprint density at radius 1 is 1.00 bits per heavy atom. The van der Waals surface area contributed by atoms with E-state index in [0.717, 1.165) is 19.6 Å². The molecule has 1 rings (SSSR count). The highest BCUT2D eigenvalue weighted by molar-refractivity contribution is 5.24. The maximum Gasteiger partial charge on any atom is 0.0292 e. The molecule has 0 heterocycles. The van der Waals surface area contributed by atoms with Gasteiger partial charge in [-0.15, -0.1) is 0 Å². The van der Waals surface area contributed by atoms with E-state index in [9.17, 15) is 0 Å². The topological polar surface area (TPSA) is 15.3 Å². The summed E-state index contributed by atoms with van der Waals surface area (Å²) in [6.45, 7) is 13.6. The molecule has 0 radical (unpaired) electrons. The molecule has 1 aromatic rings. The lowest BCUT2D eigenvalue weighted by atomic mass is 10.0. The van der Waals surface area contributed by atoms with Gasteiger partial charge in [0.15, 0.2) is 0 Å². The van der Waals surface area contributed by atoms with Crippen molar-refractivity contribution in [1.29, 1.82) is 0 Å². The quantitative estimate of drug-likeness (QED) is 0.649. The Morgan fingerprint density at radius 2 is 1.71 bits per heavy atom. The minimum atomic E-state index is 0.436. The van der Waals surface area contributed by atoms with Gasteiger partial charge >= 0.3 is 0 Å². The summed E-state index contributed by atoms with van der Waals surface area (Å²) in [4.78, 5) is 2.51. The first-order chi connectivity index (χ1) is 10.2. The Morgan fingerprint density at radius 3 is 2.29 bits per heavy atom. The van der Waals surface area contributed by atoms with Crippen molar-refractivity contribution in [1.82, 2.24) is 10.2 Å². The Balaban J connectivity index is 2.35. The van der Waals surface area contributed by atoms with Gasteiger partial charge < -0.3 is 10.2 Å². The Labute approximate surface area is 131 Å². The van der Waals surface area contributed by atoms with E-state index in [1.54, 1.807) is 0 Å². The largest absolute Gasteiger partial charge is 0.309 e. The first-order valence-corrected chi connectivity index (χ1v) is 8.75. The molecule has 0 aromatic heterocycles. The molecule has 0 saturated heterocycles. The molecule has 2 heteroatoms. The van der Waals surface area contributed by atoms with Gasteiger partial charge in [0.25, 0.3) is 0 Å². The van der Waals surface area contributed by atoms with Crippen LogP contribution in [-0.2, 0) is 6.42 Å². The van der Waals surface area contributed by atoms with E-state index in [0.29, 0.717) is 6.04 Å². The van der Waals surface area contributed by atoms with Crippen LogP contribution < -0.4 is 5.32 Å². The van der Waals surface area contributed by atoms with E-state index in [1.165, 1.54) is 43.4 Å². The summed E-state index contributed by atoms with van der Waals surface area (Å²) in [5, 5.41) is 3.64. The second kappa shape index (κ2) is 10.8. The molecule has 0 fully saturated rings. The summed E-state index contributed by atoms with van der Waals surface area (Å²) >= 11 is 0. The lowest BCUT2D eigenvalue weighted by Gasteiger charge is -2.21. The maximum atomic E-state index is 3.64. The predicted octanol–water partition coefficient (Wildman–Crippen LogP) is 4.41. The molecular weight excluding hydrogens is 256 g/mol. The van der Waals surface area contributed by atoms with Crippen molar-refractivity contribution in [3.8, 4) is 0 Å². The fourth-order valence-electron chi connectivity index (χ4n) is 2.66. The Hall–Kier alpha value is -0.860. The molecule has 1 N–H and O–H groups in total. The van der Waals surface area contributed by atoms with Gasteiger partial charge in [0, 0.05) is 19.1 Å². The fourth-order valence-corrected chi connectivity index (χ4v) is 2.66. The summed E-state index contributed by atoms with van der Waals surface area (Å²) in [5.41, 5.74) is 2.86. The van der Waals surface area contributed by atoms with Gasteiger partial charge in [-0.25, -0.2) is 0 Å².